The molecule has 2 aromatic carbocycles. The van der Waals surface area contributed by atoms with Gasteiger partial charge in [-0.05, 0) is 100 Å². The summed E-state index contributed by atoms with van der Waals surface area (Å²) in [5.74, 6) is -0.0776. The van der Waals surface area contributed by atoms with E-state index in [1.807, 2.05) is 18.2 Å². The number of amides is 1. The highest BCUT2D eigenvalue weighted by Gasteiger charge is 2.50. The number of aromatic nitrogens is 3. The first-order valence-corrected chi connectivity index (χ1v) is 17.4. The number of anilines is 1. The predicted octanol–water partition coefficient (Wildman–Crippen LogP) is 5.88. The zero-order valence-corrected chi connectivity index (χ0v) is 28.8. The Labute approximate surface area is 286 Å². The molecule has 11 nitrogen and oxygen atoms in total. The van der Waals surface area contributed by atoms with Gasteiger partial charge >= 0.3 is 12.1 Å². The van der Waals surface area contributed by atoms with Crippen LogP contribution in [0.15, 0.2) is 36.5 Å². The van der Waals surface area contributed by atoms with Crippen LogP contribution in [0, 0.1) is 5.82 Å². The molecular formula is C37H46FN7O4. The van der Waals surface area contributed by atoms with Gasteiger partial charge in [0.2, 0.25) is 0 Å². The lowest BCUT2D eigenvalue weighted by Crippen LogP contribution is -2.54. The van der Waals surface area contributed by atoms with Gasteiger partial charge in [-0.15, -0.1) is 0 Å². The fourth-order valence-corrected chi connectivity index (χ4v) is 8.24. The molecule has 1 saturated carbocycles. The van der Waals surface area contributed by atoms with Crippen molar-refractivity contribution >= 4 is 33.6 Å². The van der Waals surface area contributed by atoms with Crippen molar-refractivity contribution in [3.63, 3.8) is 0 Å². The first-order chi connectivity index (χ1) is 23.7. The van der Waals surface area contributed by atoms with E-state index < -0.39 is 11.9 Å². The molecule has 2 atom stereocenters. The largest absolute Gasteiger partial charge is 0.508 e. The molecule has 3 fully saturated rings. The Morgan fingerprint density at radius 2 is 2.00 bits per heavy atom. The van der Waals surface area contributed by atoms with E-state index in [-0.39, 0.29) is 40.1 Å². The van der Waals surface area contributed by atoms with Gasteiger partial charge in [-0.25, -0.2) is 9.18 Å². The summed E-state index contributed by atoms with van der Waals surface area (Å²) in [5.41, 5.74) is 1.53. The standard InChI is InChI=1S/C37H46FN7O4/c1-5-23-9-6-10-24-17-26(46)18-27(29(23)24)31-30(38)32-28(19-40-31)33(41-21-36(44(3)4)12-7-13-36)43-34(42-32)49-22-37-14-8-16-45(37)25(11-15-37)20-48-35(47)39-2/h6,9-10,17-19,25,46H,5,7-8,11-16,20-22H2,1-4H3,(H,39,47)(H,41,42,43)/t25-,37-/m1/s1. The summed E-state index contributed by atoms with van der Waals surface area (Å²) in [5, 5.41) is 18.8. The molecule has 4 heterocycles. The van der Waals surface area contributed by atoms with Crippen LogP contribution in [-0.2, 0) is 11.2 Å². The summed E-state index contributed by atoms with van der Waals surface area (Å²) in [6.45, 7) is 4.24. The molecule has 0 bridgehead atoms. The number of carbonyl (C=O) groups excluding carboxylic acids is 1. The third kappa shape index (κ3) is 5.99. The van der Waals surface area contributed by atoms with Gasteiger partial charge in [0.1, 0.15) is 36.0 Å². The molecule has 2 aromatic heterocycles. The van der Waals surface area contributed by atoms with E-state index in [9.17, 15) is 9.90 Å². The predicted molar refractivity (Wildman–Crippen MR) is 188 cm³/mol. The number of carbonyl (C=O) groups is 1. The summed E-state index contributed by atoms with van der Waals surface area (Å²) in [7, 11) is 5.74. The Bertz CT molecular complexity index is 1880. The maximum atomic E-state index is 16.9. The Morgan fingerprint density at radius 3 is 2.73 bits per heavy atom. The minimum atomic E-state index is -0.593. The zero-order chi connectivity index (χ0) is 34.3. The monoisotopic (exact) mass is 671 g/mol. The summed E-state index contributed by atoms with van der Waals surface area (Å²) < 4.78 is 28.7. The molecule has 2 saturated heterocycles. The second-order valence-electron chi connectivity index (χ2n) is 14.1. The fourth-order valence-electron chi connectivity index (χ4n) is 8.24. The first kappa shape index (κ1) is 33.2. The number of nitrogens with zero attached hydrogens (tertiary/aromatic N) is 5. The van der Waals surface area contributed by atoms with Gasteiger partial charge in [-0.2, -0.15) is 9.97 Å². The SMILES string of the molecule is CCc1cccc2cc(O)cc(-c3ncc4c(NCC5(N(C)C)CCC5)nc(OC[C@]56CCCN5[C@@H](COC(=O)NC)CC6)nc4c3F)c12. The topological polar surface area (TPSA) is 125 Å². The number of phenolic OH excluding ortho intramolecular Hbond substituents is 1. The Morgan fingerprint density at radius 1 is 1.16 bits per heavy atom. The van der Waals surface area contributed by atoms with Crippen LogP contribution in [0.4, 0.5) is 15.0 Å². The van der Waals surface area contributed by atoms with E-state index in [4.69, 9.17) is 14.5 Å². The van der Waals surface area contributed by atoms with Crippen LogP contribution < -0.4 is 15.4 Å². The van der Waals surface area contributed by atoms with E-state index >= 15 is 4.39 Å². The highest BCUT2D eigenvalue weighted by molar-refractivity contribution is 6.01. The summed E-state index contributed by atoms with van der Waals surface area (Å²) in [6, 6.07) is 9.35. The maximum absolute atomic E-state index is 16.9. The van der Waals surface area contributed by atoms with Crippen molar-refractivity contribution in [3.8, 4) is 23.0 Å². The van der Waals surface area contributed by atoms with Crippen molar-refractivity contribution in [3.05, 3.63) is 47.9 Å². The molecule has 7 rings (SSSR count). The van der Waals surface area contributed by atoms with Crippen LogP contribution >= 0.6 is 0 Å². The normalized spacial score (nSPS) is 21.6. The third-order valence-electron chi connectivity index (χ3n) is 11.3. The molecule has 260 valence electrons. The summed E-state index contributed by atoms with van der Waals surface area (Å²) >= 11 is 0. The molecule has 1 aliphatic carbocycles. The molecule has 4 aromatic rings. The number of likely N-dealkylation sites (N-methyl/N-ethyl adjacent to an activating group) is 1. The van der Waals surface area contributed by atoms with Crippen LogP contribution in [0.2, 0.25) is 0 Å². The van der Waals surface area contributed by atoms with Crippen LogP contribution in [0.5, 0.6) is 11.8 Å². The number of aromatic hydroxyl groups is 1. The number of hydrogen-bond donors (Lipinski definition) is 3. The van der Waals surface area contributed by atoms with Gasteiger partial charge in [0, 0.05) is 36.9 Å². The second-order valence-corrected chi connectivity index (χ2v) is 14.1. The Hall–Kier alpha value is -4.29. The van der Waals surface area contributed by atoms with Gasteiger partial charge in [-0.3, -0.25) is 9.88 Å². The minimum Gasteiger partial charge on any atom is -0.508 e. The number of ether oxygens (including phenoxy) is 2. The van der Waals surface area contributed by atoms with E-state index in [1.54, 1.807) is 25.4 Å². The van der Waals surface area contributed by atoms with Crippen molar-refractivity contribution in [2.45, 2.75) is 75.4 Å². The van der Waals surface area contributed by atoms with Crippen molar-refractivity contribution in [2.75, 3.05) is 52.8 Å². The van der Waals surface area contributed by atoms with Gasteiger partial charge < -0.3 is 30.1 Å². The quantitative estimate of drug-likeness (QED) is 0.178. The number of benzene rings is 2. The number of fused-ring (bicyclic) bond motifs is 3. The molecule has 3 N–H and O–H groups in total. The van der Waals surface area contributed by atoms with Crippen molar-refractivity contribution in [1.29, 1.82) is 0 Å². The summed E-state index contributed by atoms with van der Waals surface area (Å²) in [6.07, 6.45) is 8.94. The third-order valence-corrected chi connectivity index (χ3v) is 11.3. The Kier molecular flexibility index (Phi) is 8.95. The van der Waals surface area contributed by atoms with Gasteiger partial charge in [-0.1, -0.05) is 25.1 Å². The lowest BCUT2D eigenvalue weighted by Gasteiger charge is -2.47. The maximum Gasteiger partial charge on any atom is 0.406 e. The molecule has 2 aliphatic heterocycles. The summed E-state index contributed by atoms with van der Waals surface area (Å²) in [4.78, 5) is 30.6. The molecule has 3 aliphatic rings. The number of pyridine rings is 1. The average molecular weight is 672 g/mol. The number of nitrogens with one attached hydrogen (secondary N) is 2. The number of alkyl carbamates (subject to hydrolysis) is 1. The van der Waals surface area contributed by atoms with Crippen molar-refractivity contribution < 1.29 is 23.8 Å². The van der Waals surface area contributed by atoms with Gasteiger partial charge in [0.05, 0.1) is 10.9 Å². The molecular weight excluding hydrogens is 625 g/mol. The van der Waals surface area contributed by atoms with Crippen LogP contribution in [0.1, 0.15) is 57.4 Å². The van der Waals surface area contributed by atoms with E-state index in [1.165, 1.54) is 0 Å². The smallest absolute Gasteiger partial charge is 0.406 e. The molecule has 12 heteroatoms. The fraction of sp³-hybridized carbons (Fsp3) is 0.514. The van der Waals surface area contributed by atoms with E-state index in [0.717, 1.165) is 74.2 Å². The number of rotatable bonds is 11. The lowest BCUT2D eigenvalue weighted by atomic mass is 9.75. The molecule has 49 heavy (non-hydrogen) atoms. The first-order valence-electron chi connectivity index (χ1n) is 17.4. The van der Waals surface area contributed by atoms with E-state index in [0.29, 0.717) is 36.5 Å². The van der Waals surface area contributed by atoms with E-state index in [2.05, 4.69) is 51.4 Å². The Balaban J connectivity index is 1.26. The number of hydrogen-bond acceptors (Lipinski definition) is 10. The van der Waals surface area contributed by atoms with Crippen LogP contribution in [0.25, 0.3) is 32.9 Å². The van der Waals surface area contributed by atoms with Crippen LogP contribution in [0.3, 0.4) is 0 Å². The van der Waals surface area contributed by atoms with Gasteiger partial charge in [0.25, 0.3) is 0 Å². The highest BCUT2D eigenvalue weighted by Crippen LogP contribution is 2.43. The number of aryl methyl sites for hydroxylation is 1. The zero-order valence-electron chi connectivity index (χ0n) is 28.8. The minimum absolute atomic E-state index is 0.0137. The van der Waals surface area contributed by atoms with Crippen LogP contribution in [-0.4, -0.2) is 101 Å². The second kappa shape index (κ2) is 13.2. The molecule has 0 radical (unpaired) electrons. The average Bonchev–Trinajstić information content (AvgIpc) is 3.64. The molecule has 1 amide bonds. The highest BCUT2D eigenvalue weighted by atomic mass is 19.1. The molecule has 0 unspecified atom stereocenters. The lowest BCUT2D eigenvalue weighted by molar-refractivity contribution is 0.0555. The number of halogens is 1. The number of phenols is 1. The van der Waals surface area contributed by atoms with Gasteiger partial charge in [0.15, 0.2) is 5.82 Å². The molecule has 0 spiro atoms. The van der Waals surface area contributed by atoms with Crippen molar-refractivity contribution in [2.24, 2.45) is 0 Å². The van der Waals surface area contributed by atoms with Crippen molar-refractivity contribution in [1.82, 2.24) is 30.1 Å².